The fourth-order valence-electron chi connectivity index (χ4n) is 8.35. The number of rotatable bonds is 3. The highest BCUT2D eigenvalue weighted by Crippen LogP contribution is 2.67. The van der Waals surface area contributed by atoms with E-state index in [0.717, 1.165) is 25.7 Å². The first kappa shape index (κ1) is 20.9. The van der Waals surface area contributed by atoms with Crippen LogP contribution in [-0.2, 0) is 19.1 Å². The van der Waals surface area contributed by atoms with E-state index in [1.165, 1.54) is 39.5 Å². The van der Waals surface area contributed by atoms with E-state index >= 15 is 0 Å². The summed E-state index contributed by atoms with van der Waals surface area (Å²) in [5.41, 5.74) is 0.509. The van der Waals surface area contributed by atoms with Gasteiger partial charge in [-0.15, -0.1) is 6.58 Å². The number of allylic oxidation sites excluding steroid dienone is 1. The molecule has 0 aromatic rings. The quantitative estimate of drug-likeness (QED) is 0.474. The molecular weight excluding hydrogens is 364 g/mol. The molecule has 0 radical (unpaired) electrons. The summed E-state index contributed by atoms with van der Waals surface area (Å²) in [5.74, 6) is 2.52. The van der Waals surface area contributed by atoms with Crippen molar-refractivity contribution < 1.29 is 19.1 Å². The van der Waals surface area contributed by atoms with Gasteiger partial charge in [0.1, 0.15) is 12.2 Å². The fourth-order valence-corrected chi connectivity index (χ4v) is 8.35. The number of fused-ring (bicyclic) bond motifs is 5. The van der Waals surface area contributed by atoms with Gasteiger partial charge in [0.2, 0.25) is 0 Å². The Hall–Kier alpha value is -1.32. The lowest BCUT2D eigenvalue weighted by Gasteiger charge is -2.62. The summed E-state index contributed by atoms with van der Waals surface area (Å²) in [7, 11) is 0. The molecule has 0 aromatic heterocycles. The minimum Gasteiger partial charge on any atom is -0.463 e. The van der Waals surface area contributed by atoms with Crippen LogP contribution in [0, 0.1) is 40.4 Å². The molecule has 29 heavy (non-hydrogen) atoms. The van der Waals surface area contributed by atoms with Crippen molar-refractivity contribution in [3.63, 3.8) is 0 Å². The topological polar surface area (TPSA) is 52.6 Å². The Kier molecular flexibility index (Phi) is 5.36. The van der Waals surface area contributed by atoms with Crippen molar-refractivity contribution in [2.45, 2.75) is 91.3 Å². The Morgan fingerprint density at radius 3 is 2.17 bits per heavy atom. The van der Waals surface area contributed by atoms with Crippen LogP contribution in [0.4, 0.5) is 0 Å². The molecule has 0 saturated heterocycles. The highest BCUT2D eigenvalue weighted by molar-refractivity contribution is 5.66. The van der Waals surface area contributed by atoms with Crippen LogP contribution in [-0.4, -0.2) is 24.1 Å². The van der Waals surface area contributed by atoms with Gasteiger partial charge in [0.05, 0.1) is 0 Å². The zero-order valence-electron chi connectivity index (χ0n) is 18.6. The molecule has 1 unspecified atom stereocenters. The van der Waals surface area contributed by atoms with Crippen LogP contribution in [0.1, 0.15) is 79.1 Å². The van der Waals surface area contributed by atoms with Gasteiger partial charge in [0, 0.05) is 19.8 Å². The number of ether oxygens (including phenoxy) is 2. The third kappa shape index (κ3) is 3.35. The molecule has 4 saturated carbocycles. The van der Waals surface area contributed by atoms with Gasteiger partial charge < -0.3 is 9.47 Å². The van der Waals surface area contributed by atoms with Crippen molar-refractivity contribution in [3.05, 3.63) is 12.7 Å². The smallest absolute Gasteiger partial charge is 0.302 e. The molecule has 162 valence electrons. The first-order chi connectivity index (χ1) is 13.7. The largest absolute Gasteiger partial charge is 0.463 e. The van der Waals surface area contributed by atoms with E-state index in [4.69, 9.17) is 9.47 Å². The van der Waals surface area contributed by atoms with E-state index < -0.39 is 0 Å². The molecule has 0 bridgehead atoms. The van der Waals surface area contributed by atoms with Gasteiger partial charge in [-0.05, 0) is 85.9 Å². The van der Waals surface area contributed by atoms with Crippen LogP contribution in [0.3, 0.4) is 0 Å². The number of carbonyl (C=O) groups excluding carboxylic acids is 2. The van der Waals surface area contributed by atoms with Gasteiger partial charge >= 0.3 is 11.9 Å². The molecule has 0 aromatic carbocycles. The summed E-state index contributed by atoms with van der Waals surface area (Å²) < 4.78 is 11.6. The molecule has 4 heteroatoms. The first-order valence-electron chi connectivity index (χ1n) is 11.7. The monoisotopic (exact) mass is 402 g/mol. The maximum atomic E-state index is 12.0. The minimum atomic E-state index is -0.203. The first-order valence-corrected chi connectivity index (χ1v) is 11.7. The lowest BCUT2D eigenvalue weighted by molar-refractivity contribution is -0.195. The Morgan fingerprint density at radius 1 is 0.862 bits per heavy atom. The minimum absolute atomic E-state index is 0.0364. The SMILES string of the molecule is C=C[C@H]1CC[C@H]2[C@@H]3C[C@H](OC(C)=O)C4C[C@@H](OC(C)=O)CC[C@]4(C)[C@H]3CC[C@]12C. The van der Waals surface area contributed by atoms with E-state index in [2.05, 4.69) is 26.5 Å². The third-order valence-electron chi connectivity index (χ3n) is 9.61. The van der Waals surface area contributed by atoms with E-state index in [1.807, 2.05) is 0 Å². The summed E-state index contributed by atoms with van der Waals surface area (Å²) in [5, 5.41) is 0. The number of hydrogen-bond donors (Lipinski definition) is 0. The predicted octanol–water partition coefficient (Wildman–Crippen LogP) is 5.30. The van der Waals surface area contributed by atoms with Crippen molar-refractivity contribution in [3.8, 4) is 0 Å². The Bertz CT molecular complexity index is 686. The summed E-state index contributed by atoms with van der Waals surface area (Å²) >= 11 is 0. The maximum Gasteiger partial charge on any atom is 0.302 e. The van der Waals surface area contributed by atoms with Gasteiger partial charge in [-0.25, -0.2) is 0 Å². The highest BCUT2D eigenvalue weighted by atomic mass is 16.5. The van der Waals surface area contributed by atoms with E-state index in [-0.39, 0.29) is 35.5 Å². The lowest BCUT2D eigenvalue weighted by Crippen LogP contribution is -2.59. The zero-order valence-corrected chi connectivity index (χ0v) is 18.6. The number of hydrogen-bond acceptors (Lipinski definition) is 4. The van der Waals surface area contributed by atoms with Crippen molar-refractivity contribution >= 4 is 11.9 Å². The van der Waals surface area contributed by atoms with Gasteiger partial charge in [-0.2, -0.15) is 0 Å². The second-order valence-corrected chi connectivity index (χ2v) is 10.8. The second-order valence-electron chi connectivity index (χ2n) is 10.8. The van der Waals surface area contributed by atoms with Crippen molar-refractivity contribution in [1.82, 2.24) is 0 Å². The fraction of sp³-hybridized carbons (Fsp3) is 0.840. The van der Waals surface area contributed by atoms with Gasteiger partial charge in [0.15, 0.2) is 0 Å². The Morgan fingerprint density at radius 2 is 1.52 bits per heavy atom. The summed E-state index contributed by atoms with van der Waals surface area (Å²) in [6.07, 6.45) is 11.0. The van der Waals surface area contributed by atoms with Crippen molar-refractivity contribution in [2.75, 3.05) is 0 Å². The van der Waals surface area contributed by atoms with Crippen LogP contribution in [0.2, 0.25) is 0 Å². The molecule has 0 amide bonds. The molecule has 4 nitrogen and oxygen atoms in total. The standard InChI is InChI=1S/C25H38O4/c1-6-17-7-8-20-19-14-23(29-16(3)27)22-13-18(28-15(2)26)9-11-25(22,5)21(19)10-12-24(17,20)4/h6,17-23H,1,7-14H2,2-5H3/t17-,18-,19-,20-,21-,22?,23-,24+,25+/m0/s1. The number of esters is 2. The Labute approximate surface area is 175 Å². The number of carbonyl (C=O) groups is 2. The Balaban J connectivity index is 1.64. The van der Waals surface area contributed by atoms with Crippen LogP contribution in [0.5, 0.6) is 0 Å². The van der Waals surface area contributed by atoms with Crippen LogP contribution in [0.15, 0.2) is 12.7 Å². The molecular formula is C25H38O4. The van der Waals surface area contributed by atoms with E-state index in [1.54, 1.807) is 0 Å². The van der Waals surface area contributed by atoms with Crippen LogP contribution in [0.25, 0.3) is 0 Å². The van der Waals surface area contributed by atoms with Gasteiger partial charge in [0.25, 0.3) is 0 Å². The molecule has 0 heterocycles. The molecule has 0 aliphatic heterocycles. The highest BCUT2D eigenvalue weighted by Gasteiger charge is 2.62. The molecule has 4 rings (SSSR count). The molecule has 4 fully saturated rings. The molecule has 9 atom stereocenters. The normalized spacial score (nSPS) is 48.6. The second kappa shape index (κ2) is 7.42. The predicted molar refractivity (Wildman–Crippen MR) is 112 cm³/mol. The lowest BCUT2D eigenvalue weighted by atomic mass is 9.44. The maximum absolute atomic E-state index is 12.0. The molecule has 0 spiro atoms. The zero-order chi connectivity index (χ0) is 21.0. The summed E-state index contributed by atoms with van der Waals surface area (Å²) in [6, 6.07) is 0. The average Bonchev–Trinajstić information content (AvgIpc) is 2.98. The summed E-state index contributed by atoms with van der Waals surface area (Å²) in [6.45, 7) is 12.1. The summed E-state index contributed by atoms with van der Waals surface area (Å²) in [4.78, 5) is 23.5. The third-order valence-corrected chi connectivity index (χ3v) is 9.61. The van der Waals surface area contributed by atoms with E-state index in [0.29, 0.717) is 29.1 Å². The molecule has 4 aliphatic carbocycles. The van der Waals surface area contributed by atoms with E-state index in [9.17, 15) is 9.59 Å². The molecule has 0 N–H and O–H groups in total. The van der Waals surface area contributed by atoms with Gasteiger partial charge in [-0.1, -0.05) is 19.9 Å². The molecule has 4 aliphatic rings. The van der Waals surface area contributed by atoms with Gasteiger partial charge in [-0.3, -0.25) is 9.59 Å². The van der Waals surface area contributed by atoms with Crippen LogP contribution >= 0.6 is 0 Å². The average molecular weight is 403 g/mol. The van der Waals surface area contributed by atoms with Crippen molar-refractivity contribution in [2.24, 2.45) is 40.4 Å². The van der Waals surface area contributed by atoms with Crippen LogP contribution < -0.4 is 0 Å². The van der Waals surface area contributed by atoms with Crippen molar-refractivity contribution in [1.29, 1.82) is 0 Å².